The second-order valence-corrected chi connectivity index (χ2v) is 5.61. The molecule has 6 heteroatoms. The number of fused-ring (bicyclic) bond motifs is 1. The molecule has 116 valence electrons. The highest BCUT2D eigenvalue weighted by molar-refractivity contribution is 5.42. The highest BCUT2D eigenvalue weighted by Gasteiger charge is 2.33. The van der Waals surface area contributed by atoms with Gasteiger partial charge in [0.15, 0.2) is 22.9 Å². The van der Waals surface area contributed by atoms with Gasteiger partial charge < -0.3 is 19.9 Å². The van der Waals surface area contributed by atoms with Crippen LogP contribution in [0.2, 0.25) is 0 Å². The van der Waals surface area contributed by atoms with E-state index in [0.717, 1.165) is 17.2 Å². The van der Waals surface area contributed by atoms with Crippen molar-refractivity contribution < 1.29 is 14.6 Å². The lowest BCUT2D eigenvalue weighted by atomic mass is 10.1. The highest BCUT2D eigenvalue weighted by Crippen LogP contribution is 2.34. The Balaban J connectivity index is 1.70. The molecule has 6 nitrogen and oxygen atoms in total. The number of nitrogens with zero attached hydrogens (tertiary/aromatic N) is 2. The number of aliphatic hydroxyl groups is 1. The first-order valence-corrected chi connectivity index (χ1v) is 7.18. The van der Waals surface area contributed by atoms with Gasteiger partial charge in [0, 0.05) is 11.8 Å². The number of aromatic nitrogens is 2. The third-order valence-electron chi connectivity index (χ3n) is 3.42. The largest absolute Gasteiger partial charge is 0.485 e. The molecule has 22 heavy (non-hydrogen) atoms. The van der Waals surface area contributed by atoms with E-state index < -0.39 is 5.60 Å². The van der Waals surface area contributed by atoms with E-state index in [9.17, 15) is 0 Å². The van der Waals surface area contributed by atoms with Crippen LogP contribution in [0, 0.1) is 6.92 Å². The van der Waals surface area contributed by atoms with Crippen LogP contribution in [0.1, 0.15) is 18.4 Å². The van der Waals surface area contributed by atoms with E-state index in [2.05, 4.69) is 15.3 Å². The molecule has 0 bridgehead atoms. The van der Waals surface area contributed by atoms with Gasteiger partial charge in [-0.3, -0.25) is 0 Å². The zero-order valence-corrected chi connectivity index (χ0v) is 12.7. The minimum Gasteiger partial charge on any atom is -0.485 e. The Kier molecular flexibility index (Phi) is 3.85. The van der Waals surface area contributed by atoms with E-state index in [-0.39, 0.29) is 6.61 Å². The van der Waals surface area contributed by atoms with Crippen LogP contribution in [0.25, 0.3) is 0 Å². The lowest BCUT2D eigenvalue weighted by Gasteiger charge is -2.35. The molecule has 0 spiro atoms. The zero-order valence-electron chi connectivity index (χ0n) is 12.7. The quantitative estimate of drug-likeness (QED) is 0.898. The molecule has 0 saturated carbocycles. The third kappa shape index (κ3) is 3.12. The molecule has 0 radical (unpaired) electrons. The smallest absolute Gasteiger partial charge is 0.162 e. The van der Waals surface area contributed by atoms with Gasteiger partial charge in [-0.05, 0) is 26.0 Å². The normalized spacial score (nSPS) is 19.8. The van der Waals surface area contributed by atoms with Crippen molar-refractivity contribution in [1.29, 1.82) is 0 Å². The Morgan fingerprint density at radius 2 is 2.05 bits per heavy atom. The van der Waals surface area contributed by atoms with E-state index in [0.29, 0.717) is 24.8 Å². The van der Waals surface area contributed by atoms with Gasteiger partial charge in [0.25, 0.3) is 0 Å². The molecule has 1 aromatic carbocycles. The minimum atomic E-state index is -0.493. The van der Waals surface area contributed by atoms with Crippen molar-refractivity contribution in [2.24, 2.45) is 0 Å². The van der Waals surface area contributed by atoms with Crippen LogP contribution in [0.3, 0.4) is 0 Å². The van der Waals surface area contributed by atoms with Crippen molar-refractivity contribution in [3.63, 3.8) is 0 Å². The summed E-state index contributed by atoms with van der Waals surface area (Å²) in [6, 6.07) is 9.46. The highest BCUT2D eigenvalue weighted by atomic mass is 16.6. The van der Waals surface area contributed by atoms with E-state index in [1.54, 1.807) is 0 Å². The van der Waals surface area contributed by atoms with E-state index in [1.807, 2.05) is 44.2 Å². The molecule has 1 aromatic heterocycles. The molecule has 0 aliphatic carbocycles. The maximum atomic E-state index is 9.17. The van der Waals surface area contributed by atoms with E-state index in [4.69, 9.17) is 14.6 Å². The number of aliphatic hydroxyl groups excluding tert-OH is 1. The van der Waals surface area contributed by atoms with E-state index in [1.165, 1.54) is 0 Å². The van der Waals surface area contributed by atoms with Gasteiger partial charge in [-0.15, -0.1) is 0 Å². The molecule has 0 saturated heterocycles. The van der Waals surface area contributed by atoms with Crippen LogP contribution in [-0.2, 0) is 6.61 Å². The van der Waals surface area contributed by atoms with Crippen molar-refractivity contribution >= 4 is 5.82 Å². The summed E-state index contributed by atoms with van der Waals surface area (Å²) in [5.41, 5.74) is 0.310. The van der Waals surface area contributed by atoms with Gasteiger partial charge in [-0.1, -0.05) is 12.1 Å². The van der Waals surface area contributed by atoms with Gasteiger partial charge in [0.2, 0.25) is 0 Å². The predicted molar refractivity (Wildman–Crippen MR) is 82.2 cm³/mol. The lowest BCUT2D eigenvalue weighted by Crippen LogP contribution is -2.47. The SMILES string of the molecule is Cc1cc(NCC2(C)COc3ccccc3O2)nc(CO)n1. The Labute approximate surface area is 129 Å². The van der Waals surface area contributed by atoms with Crippen LogP contribution in [0.4, 0.5) is 5.82 Å². The van der Waals surface area contributed by atoms with Crippen molar-refractivity contribution in [2.45, 2.75) is 26.1 Å². The molecule has 1 atom stereocenters. The summed E-state index contributed by atoms with van der Waals surface area (Å²) in [5.74, 6) is 2.58. The molecule has 1 aliphatic rings. The Bertz CT molecular complexity index is 677. The van der Waals surface area contributed by atoms with Gasteiger partial charge in [0.05, 0.1) is 6.54 Å². The van der Waals surface area contributed by atoms with Gasteiger partial charge >= 0.3 is 0 Å². The number of para-hydroxylation sites is 2. The van der Waals surface area contributed by atoms with Crippen molar-refractivity contribution in [2.75, 3.05) is 18.5 Å². The van der Waals surface area contributed by atoms with Gasteiger partial charge in [-0.25, -0.2) is 9.97 Å². The average Bonchev–Trinajstić information content (AvgIpc) is 2.52. The second kappa shape index (κ2) is 5.81. The summed E-state index contributed by atoms with van der Waals surface area (Å²) in [7, 11) is 0. The minimum absolute atomic E-state index is 0.180. The zero-order chi connectivity index (χ0) is 15.6. The molecule has 3 rings (SSSR count). The number of ether oxygens (including phenoxy) is 2. The molecular weight excluding hydrogens is 282 g/mol. The Morgan fingerprint density at radius 1 is 1.27 bits per heavy atom. The summed E-state index contributed by atoms with van der Waals surface area (Å²) in [6.07, 6.45) is 0. The summed E-state index contributed by atoms with van der Waals surface area (Å²) in [5, 5.41) is 12.4. The first-order chi connectivity index (χ1) is 10.6. The average molecular weight is 301 g/mol. The number of anilines is 1. The number of nitrogens with one attached hydrogen (secondary N) is 1. The molecule has 0 fully saturated rings. The summed E-state index contributed by atoms with van der Waals surface area (Å²) >= 11 is 0. The van der Waals surface area contributed by atoms with Gasteiger partial charge in [-0.2, -0.15) is 0 Å². The molecule has 2 heterocycles. The molecule has 0 amide bonds. The molecule has 2 aromatic rings. The summed E-state index contributed by atoms with van der Waals surface area (Å²) in [4.78, 5) is 8.38. The molecule has 1 unspecified atom stereocenters. The van der Waals surface area contributed by atoms with Crippen molar-refractivity contribution in [1.82, 2.24) is 9.97 Å². The number of aryl methyl sites for hydroxylation is 1. The fourth-order valence-corrected chi connectivity index (χ4v) is 2.33. The molecular formula is C16H19N3O3. The maximum Gasteiger partial charge on any atom is 0.162 e. The lowest BCUT2D eigenvalue weighted by molar-refractivity contribution is 0.0166. The van der Waals surface area contributed by atoms with Crippen LogP contribution in [0.15, 0.2) is 30.3 Å². The Hall–Kier alpha value is -2.34. The van der Waals surface area contributed by atoms with Gasteiger partial charge in [0.1, 0.15) is 19.0 Å². The first-order valence-electron chi connectivity index (χ1n) is 7.18. The van der Waals surface area contributed by atoms with Crippen LogP contribution >= 0.6 is 0 Å². The number of hydrogen-bond donors (Lipinski definition) is 2. The predicted octanol–water partition coefficient (Wildman–Crippen LogP) is 1.92. The van der Waals surface area contributed by atoms with Crippen LogP contribution in [0.5, 0.6) is 11.5 Å². The molecule has 1 aliphatic heterocycles. The van der Waals surface area contributed by atoms with Crippen molar-refractivity contribution in [3.05, 3.63) is 41.9 Å². The Morgan fingerprint density at radius 3 is 2.82 bits per heavy atom. The number of rotatable bonds is 4. The maximum absolute atomic E-state index is 9.17. The van der Waals surface area contributed by atoms with Crippen LogP contribution in [-0.4, -0.2) is 33.8 Å². The number of benzene rings is 1. The summed E-state index contributed by atoms with van der Waals surface area (Å²) < 4.78 is 11.8. The number of hydrogen-bond acceptors (Lipinski definition) is 6. The van der Waals surface area contributed by atoms with Crippen LogP contribution < -0.4 is 14.8 Å². The first kappa shape index (κ1) is 14.6. The van der Waals surface area contributed by atoms with Crippen molar-refractivity contribution in [3.8, 4) is 11.5 Å². The standard InChI is InChI=1S/C16H19N3O3/c1-11-7-14(19-15(8-20)18-11)17-9-16(2)10-21-12-5-3-4-6-13(12)22-16/h3-7,20H,8-10H2,1-2H3,(H,17,18,19). The second-order valence-electron chi connectivity index (χ2n) is 5.61. The third-order valence-corrected chi connectivity index (χ3v) is 3.42. The fraction of sp³-hybridized carbons (Fsp3) is 0.375. The van der Waals surface area contributed by atoms with E-state index >= 15 is 0 Å². The monoisotopic (exact) mass is 301 g/mol. The fourth-order valence-electron chi connectivity index (χ4n) is 2.33. The topological polar surface area (TPSA) is 76.5 Å². The summed E-state index contributed by atoms with van der Waals surface area (Å²) in [6.45, 7) is 4.65. The molecule has 2 N–H and O–H groups in total.